The number of hydrogen-bond donors (Lipinski definition) is 0. The van der Waals surface area contributed by atoms with Gasteiger partial charge in [0, 0.05) is 17.0 Å². The zero-order valence-electron chi connectivity index (χ0n) is 13.7. The zero-order valence-corrected chi connectivity index (χ0v) is 14.6. The fraction of sp³-hybridized carbons (Fsp3) is 0.0526. The lowest BCUT2D eigenvalue weighted by molar-refractivity contribution is -0.385. The predicted molar refractivity (Wildman–Crippen MR) is 101 cm³/mol. The number of rotatable bonds is 4. The molecule has 0 saturated heterocycles. The quantitative estimate of drug-likeness (QED) is 0.360. The largest absolute Gasteiger partial charge is 0.431 e. The molecule has 0 fully saturated rings. The first-order valence-corrected chi connectivity index (χ1v) is 8.72. The molecule has 128 valence electrons. The van der Waals surface area contributed by atoms with Crippen LogP contribution in [0, 0.1) is 17.0 Å². The molecule has 7 heteroatoms. The molecule has 0 N–H and O–H groups in total. The topological polar surface area (TPSA) is 78.2 Å². The van der Waals surface area contributed by atoms with Gasteiger partial charge in [0.05, 0.1) is 10.3 Å². The van der Waals surface area contributed by atoms with Gasteiger partial charge in [-0.2, -0.15) is 0 Å². The second-order valence-electron chi connectivity index (χ2n) is 5.70. The van der Waals surface area contributed by atoms with Crippen molar-refractivity contribution < 1.29 is 9.66 Å². The van der Waals surface area contributed by atoms with Gasteiger partial charge in [0.2, 0.25) is 11.6 Å². The number of thiophene rings is 1. The smallest absolute Gasteiger partial charge is 0.311 e. The van der Waals surface area contributed by atoms with Crippen LogP contribution in [0.1, 0.15) is 5.56 Å². The van der Waals surface area contributed by atoms with Crippen molar-refractivity contribution in [2.24, 2.45) is 0 Å². The van der Waals surface area contributed by atoms with Crippen molar-refractivity contribution in [1.82, 2.24) is 9.97 Å². The van der Waals surface area contributed by atoms with Crippen molar-refractivity contribution in [3.05, 3.63) is 75.9 Å². The summed E-state index contributed by atoms with van der Waals surface area (Å²) in [5, 5.41) is 14.1. The number of ether oxygens (including phenoxy) is 1. The molecule has 2 aromatic carbocycles. The minimum atomic E-state index is -0.459. The SMILES string of the molecule is Cc1ccc([N+](=O)[O-])c(Oc2ncnc3scc(-c4ccccc4)c23)c1. The number of nitro benzene ring substituents is 1. The van der Waals surface area contributed by atoms with E-state index in [2.05, 4.69) is 9.97 Å². The van der Waals surface area contributed by atoms with E-state index in [-0.39, 0.29) is 11.4 Å². The highest BCUT2D eigenvalue weighted by Crippen LogP contribution is 2.40. The van der Waals surface area contributed by atoms with E-state index >= 15 is 0 Å². The lowest BCUT2D eigenvalue weighted by Crippen LogP contribution is -1.96. The van der Waals surface area contributed by atoms with Crippen LogP contribution in [0.4, 0.5) is 5.69 Å². The molecule has 0 amide bonds. The molecule has 0 atom stereocenters. The average Bonchev–Trinajstić information content (AvgIpc) is 3.07. The minimum absolute atomic E-state index is 0.0983. The first kappa shape index (κ1) is 16.2. The second-order valence-corrected chi connectivity index (χ2v) is 6.56. The Morgan fingerprint density at radius 1 is 1.12 bits per heavy atom. The molecule has 6 nitrogen and oxygen atoms in total. The zero-order chi connectivity index (χ0) is 18.1. The Morgan fingerprint density at radius 2 is 1.92 bits per heavy atom. The maximum Gasteiger partial charge on any atom is 0.311 e. The van der Waals surface area contributed by atoms with E-state index in [1.54, 1.807) is 12.1 Å². The number of nitrogens with zero attached hydrogens (tertiary/aromatic N) is 3. The van der Waals surface area contributed by atoms with Crippen LogP contribution in [0.2, 0.25) is 0 Å². The summed E-state index contributed by atoms with van der Waals surface area (Å²) in [6.07, 6.45) is 1.41. The lowest BCUT2D eigenvalue weighted by Gasteiger charge is -2.08. The van der Waals surface area contributed by atoms with Gasteiger partial charge in [-0.3, -0.25) is 10.1 Å². The number of fused-ring (bicyclic) bond motifs is 1. The molecule has 0 aliphatic rings. The van der Waals surface area contributed by atoms with Crippen molar-refractivity contribution in [3.63, 3.8) is 0 Å². The van der Waals surface area contributed by atoms with Crippen LogP contribution in [0.3, 0.4) is 0 Å². The standard InChI is InChI=1S/C19H13N3O3S/c1-12-7-8-15(22(23)24)16(9-12)25-18-17-14(13-5-3-2-4-6-13)10-26-19(17)21-11-20-18/h2-11H,1H3. The number of aromatic nitrogens is 2. The molecule has 0 bridgehead atoms. The molecule has 2 aromatic heterocycles. The predicted octanol–water partition coefficient (Wildman–Crippen LogP) is 5.37. The maximum atomic E-state index is 11.3. The summed E-state index contributed by atoms with van der Waals surface area (Å²) < 4.78 is 5.90. The van der Waals surface area contributed by atoms with E-state index in [1.165, 1.54) is 23.7 Å². The Morgan fingerprint density at radius 3 is 2.69 bits per heavy atom. The third kappa shape index (κ3) is 2.89. The third-order valence-corrected chi connectivity index (χ3v) is 4.83. The van der Waals surface area contributed by atoms with E-state index in [4.69, 9.17) is 4.74 Å². The molecule has 0 unspecified atom stereocenters. The molecule has 0 radical (unpaired) electrons. The minimum Gasteiger partial charge on any atom is -0.431 e. The summed E-state index contributed by atoms with van der Waals surface area (Å²) in [7, 11) is 0. The summed E-state index contributed by atoms with van der Waals surface area (Å²) in [6.45, 7) is 1.85. The van der Waals surface area contributed by atoms with E-state index in [9.17, 15) is 10.1 Å². The number of aryl methyl sites for hydroxylation is 1. The summed E-state index contributed by atoms with van der Waals surface area (Å²) in [5.41, 5.74) is 2.72. The number of hydrogen-bond acceptors (Lipinski definition) is 6. The Labute approximate surface area is 152 Å². The molecule has 0 spiro atoms. The van der Waals surface area contributed by atoms with Gasteiger partial charge in [-0.25, -0.2) is 9.97 Å². The first-order chi connectivity index (χ1) is 12.6. The molecule has 26 heavy (non-hydrogen) atoms. The monoisotopic (exact) mass is 363 g/mol. The van der Waals surface area contributed by atoms with Crippen LogP contribution >= 0.6 is 11.3 Å². The van der Waals surface area contributed by atoms with Gasteiger partial charge in [-0.15, -0.1) is 11.3 Å². The van der Waals surface area contributed by atoms with E-state index in [0.717, 1.165) is 26.9 Å². The molecule has 0 aliphatic heterocycles. The van der Waals surface area contributed by atoms with Crippen LogP contribution in [0.5, 0.6) is 11.6 Å². The third-order valence-electron chi connectivity index (χ3n) is 3.94. The molecule has 4 rings (SSSR count). The Kier molecular flexibility index (Phi) is 4.06. The van der Waals surface area contributed by atoms with Crippen molar-refractivity contribution in [2.45, 2.75) is 6.92 Å². The van der Waals surface area contributed by atoms with E-state index in [0.29, 0.717) is 5.88 Å². The number of benzene rings is 2. The highest BCUT2D eigenvalue weighted by Gasteiger charge is 2.20. The van der Waals surface area contributed by atoms with Gasteiger partial charge in [0.1, 0.15) is 11.2 Å². The fourth-order valence-electron chi connectivity index (χ4n) is 2.71. The molecule has 4 aromatic rings. The van der Waals surface area contributed by atoms with Gasteiger partial charge in [-0.1, -0.05) is 36.4 Å². The Bertz CT molecular complexity index is 1110. The molecule has 0 aliphatic carbocycles. The summed E-state index contributed by atoms with van der Waals surface area (Å²) >= 11 is 1.48. The summed E-state index contributed by atoms with van der Waals surface area (Å²) in [4.78, 5) is 20.2. The van der Waals surface area contributed by atoms with Crippen molar-refractivity contribution in [3.8, 4) is 22.8 Å². The van der Waals surface area contributed by atoms with Crippen LogP contribution < -0.4 is 4.74 Å². The summed E-state index contributed by atoms with van der Waals surface area (Å²) in [5.74, 6) is 0.476. The summed E-state index contributed by atoms with van der Waals surface area (Å²) in [6, 6.07) is 14.6. The molecular weight excluding hydrogens is 350 g/mol. The second kappa shape index (κ2) is 6.53. The normalized spacial score (nSPS) is 10.8. The fourth-order valence-corrected chi connectivity index (χ4v) is 3.62. The lowest BCUT2D eigenvalue weighted by atomic mass is 10.1. The van der Waals surface area contributed by atoms with E-state index in [1.807, 2.05) is 42.6 Å². The highest BCUT2D eigenvalue weighted by atomic mass is 32.1. The molecule has 2 heterocycles. The van der Waals surface area contributed by atoms with Crippen LogP contribution in [0.15, 0.2) is 60.2 Å². The highest BCUT2D eigenvalue weighted by molar-refractivity contribution is 7.17. The van der Waals surface area contributed by atoms with Gasteiger partial charge in [-0.05, 0) is 24.1 Å². The van der Waals surface area contributed by atoms with Crippen LogP contribution in [-0.4, -0.2) is 14.9 Å². The van der Waals surface area contributed by atoms with Crippen LogP contribution in [0.25, 0.3) is 21.3 Å². The number of nitro groups is 1. The first-order valence-electron chi connectivity index (χ1n) is 7.84. The van der Waals surface area contributed by atoms with Crippen molar-refractivity contribution in [1.29, 1.82) is 0 Å². The molecular formula is C19H13N3O3S. The van der Waals surface area contributed by atoms with Gasteiger partial charge in [0.15, 0.2) is 0 Å². The van der Waals surface area contributed by atoms with E-state index < -0.39 is 4.92 Å². The maximum absolute atomic E-state index is 11.3. The Balaban J connectivity index is 1.87. The van der Waals surface area contributed by atoms with Gasteiger partial charge in [0.25, 0.3) is 0 Å². The van der Waals surface area contributed by atoms with Crippen molar-refractivity contribution >= 4 is 27.2 Å². The Hall–Kier alpha value is -3.32. The van der Waals surface area contributed by atoms with Crippen LogP contribution in [-0.2, 0) is 0 Å². The van der Waals surface area contributed by atoms with Gasteiger partial charge >= 0.3 is 5.69 Å². The molecule has 0 saturated carbocycles. The average molecular weight is 363 g/mol. The van der Waals surface area contributed by atoms with Crippen molar-refractivity contribution in [2.75, 3.05) is 0 Å². The van der Waals surface area contributed by atoms with Gasteiger partial charge < -0.3 is 4.74 Å².